The van der Waals surface area contributed by atoms with E-state index in [1.807, 2.05) is 4.90 Å². The number of halogens is 1. The van der Waals surface area contributed by atoms with E-state index < -0.39 is 6.09 Å². The number of anilines is 1. The highest BCUT2D eigenvalue weighted by atomic mass is 19.1. The number of hydrogen-bond acceptors (Lipinski definition) is 5. The van der Waals surface area contributed by atoms with E-state index in [1.165, 1.54) is 17.3 Å². The molecule has 1 aromatic heterocycles. The Bertz CT molecular complexity index is 817. The Morgan fingerprint density at radius 1 is 1.15 bits per heavy atom. The van der Waals surface area contributed by atoms with Crippen molar-refractivity contribution in [3.05, 3.63) is 30.0 Å². The molecule has 7 nitrogen and oxygen atoms in total. The highest BCUT2D eigenvalue weighted by Crippen LogP contribution is 2.33. The number of morpholine rings is 1. The van der Waals surface area contributed by atoms with Crippen molar-refractivity contribution >= 4 is 22.7 Å². The van der Waals surface area contributed by atoms with Crippen molar-refractivity contribution in [1.82, 2.24) is 14.9 Å². The largest absolute Gasteiger partial charge is 0.465 e. The quantitative estimate of drug-likeness (QED) is 0.886. The van der Waals surface area contributed by atoms with Gasteiger partial charge in [-0.25, -0.2) is 19.2 Å². The second kappa shape index (κ2) is 7.03. The number of carboxylic acid groups (broad SMARTS) is 1. The topological polar surface area (TPSA) is 78.8 Å². The molecule has 1 aromatic carbocycles. The van der Waals surface area contributed by atoms with Gasteiger partial charge in [0.15, 0.2) is 0 Å². The van der Waals surface area contributed by atoms with Crippen LogP contribution in [0.5, 0.6) is 0 Å². The van der Waals surface area contributed by atoms with Gasteiger partial charge >= 0.3 is 6.09 Å². The van der Waals surface area contributed by atoms with E-state index in [2.05, 4.69) is 9.97 Å². The van der Waals surface area contributed by atoms with Gasteiger partial charge in [-0.15, -0.1) is 0 Å². The van der Waals surface area contributed by atoms with Gasteiger partial charge in [-0.2, -0.15) is 0 Å². The summed E-state index contributed by atoms with van der Waals surface area (Å²) in [4.78, 5) is 23.2. The van der Waals surface area contributed by atoms with E-state index in [4.69, 9.17) is 9.84 Å². The first-order valence-corrected chi connectivity index (χ1v) is 8.88. The summed E-state index contributed by atoms with van der Waals surface area (Å²) in [6, 6.07) is 3.31. The molecule has 1 N–H and O–H groups in total. The lowest BCUT2D eigenvalue weighted by molar-refractivity contribution is 0.122. The molecule has 4 rings (SSSR count). The van der Waals surface area contributed by atoms with Crippen molar-refractivity contribution in [2.24, 2.45) is 0 Å². The smallest absolute Gasteiger partial charge is 0.407 e. The van der Waals surface area contributed by atoms with E-state index >= 15 is 0 Å². The summed E-state index contributed by atoms with van der Waals surface area (Å²) in [5.74, 6) is -0.164. The number of hydrogen-bond donors (Lipinski definition) is 1. The normalized spacial score (nSPS) is 19.1. The molecule has 3 heterocycles. The molecule has 0 bridgehead atoms. The van der Waals surface area contributed by atoms with Crippen LogP contribution in [-0.2, 0) is 4.74 Å². The van der Waals surface area contributed by atoms with Gasteiger partial charge in [-0.1, -0.05) is 0 Å². The van der Waals surface area contributed by atoms with Crippen LogP contribution in [0.4, 0.5) is 14.9 Å². The van der Waals surface area contributed by atoms with Crippen LogP contribution in [0.15, 0.2) is 18.5 Å². The molecule has 0 aliphatic carbocycles. The summed E-state index contributed by atoms with van der Waals surface area (Å²) in [7, 11) is 0. The first kappa shape index (κ1) is 17.0. The summed E-state index contributed by atoms with van der Waals surface area (Å²) in [6.45, 7) is 3.45. The highest BCUT2D eigenvalue weighted by Gasteiger charge is 2.26. The SMILES string of the molecule is O=C(O)N1CCC(c2ncnc3cc(N4CCOCC4)c(F)cc23)CC1. The standard InChI is InChI=1S/C18H21FN4O3/c19-14-9-13-15(10-16(14)22-5-7-26-8-6-22)20-11-21-17(13)12-1-3-23(4-2-12)18(24)25/h9-12H,1-8H2,(H,24,25). The second-order valence-corrected chi connectivity index (χ2v) is 6.72. The summed E-state index contributed by atoms with van der Waals surface area (Å²) in [6.07, 6.45) is 2.00. The van der Waals surface area contributed by atoms with Crippen molar-refractivity contribution in [3.8, 4) is 0 Å². The molecular formula is C18H21FN4O3. The van der Waals surface area contributed by atoms with Gasteiger partial charge in [-0.3, -0.25) is 0 Å². The van der Waals surface area contributed by atoms with Crippen LogP contribution in [0.1, 0.15) is 24.5 Å². The van der Waals surface area contributed by atoms with E-state index in [0.29, 0.717) is 57.9 Å². The average molecular weight is 360 g/mol. The monoisotopic (exact) mass is 360 g/mol. The Morgan fingerprint density at radius 3 is 2.58 bits per heavy atom. The number of likely N-dealkylation sites (tertiary alicyclic amines) is 1. The molecule has 26 heavy (non-hydrogen) atoms. The number of amides is 1. The van der Waals surface area contributed by atoms with Crippen molar-refractivity contribution in [3.63, 3.8) is 0 Å². The van der Waals surface area contributed by atoms with Gasteiger partial charge in [0.2, 0.25) is 0 Å². The molecule has 0 atom stereocenters. The fourth-order valence-electron chi connectivity index (χ4n) is 3.80. The van der Waals surface area contributed by atoms with Gasteiger partial charge in [0.1, 0.15) is 12.1 Å². The Hall–Kier alpha value is -2.48. The minimum atomic E-state index is -0.891. The number of aromatic nitrogens is 2. The Labute approximate surface area is 150 Å². The van der Waals surface area contributed by atoms with Gasteiger partial charge in [0.05, 0.1) is 30.1 Å². The zero-order chi connectivity index (χ0) is 18.1. The van der Waals surface area contributed by atoms with Crippen LogP contribution in [-0.4, -0.2) is 65.5 Å². The lowest BCUT2D eigenvalue weighted by Crippen LogP contribution is -2.37. The Balaban J connectivity index is 1.64. The van der Waals surface area contributed by atoms with Gasteiger partial charge in [0.25, 0.3) is 0 Å². The number of fused-ring (bicyclic) bond motifs is 1. The number of benzene rings is 1. The average Bonchev–Trinajstić information content (AvgIpc) is 2.68. The molecule has 0 saturated carbocycles. The predicted octanol–water partition coefficient (Wildman–Crippen LogP) is 2.46. The molecule has 2 aliphatic heterocycles. The molecule has 0 unspecified atom stereocenters. The summed E-state index contributed by atoms with van der Waals surface area (Å²) >= 11 is 0. The molecular weight excluding hydrogens is 339 g/mol. The number of rotatable bonds is 2. The lowest BCUT2D eigenvalue weighted by Gasteiger charge is -2.31. The zero-order valence-corrected chi connectivity index (χ0v) is 14.4. The summed E-state index contributed by atoms with van der Waals surface area (Å²) in [5, 5.41) is 9.81. The molecule has 2 aliphatic rings. The fourth-order valence-corrected chi connectivity index (χ4v) is 3.80. The third kappa shape index (κ3) is 3.16. The predicted molar refractivity (Wildman–Crippen MR) is 94.1 cm³/mol. The molecule has 0 spiro atoms. The van der Waals surface area contributed by atoms with Gasteiger partial charge < -0.3 is 19.6 Å². The van der Waals surface area contributed by atoms with Crippen molar-refractivity contribution in [1.29, 1.82) is 0 Å². The van der Waals surface area contributed by atoms with Gasteiger partial charge in [0, 0.05) is 37.5 Å². The van der Waals surface area contributed by atoms with Gasteiger partial charge in [-0.05, 0) is 25.0 Å². The lowest BCUT2D eigenvalue weighted by atomic mass is 9.91. The first-order valence-electron chi connectivity index (χ1n) is 8.88. The van der Waals surface area contributed by atoms with E-state index in [0.717, 1.165) is 16.6 Å². The summed E-state index contributed by atoms with van der Waals surface area (Å²) in [5.41, 5.74) is 2.08. The maximum absolute atomic E-state index is 14.8. The number of nitrogens with zero attached hydrogens (tertiary/aromatic N) is 4. The van der Waals surface area contributed by atoms with Crippen molar-refractivity contribution in [2.75, 3.05) is 44.3 Å². The number of piperidine rings is 1. The van der Waals surface area contributed by atoms with Crippen LogP contribution in [0.25, 0.3) is 10.9 Å². The maximum Gasteiger partial charge on any atom is 0.407 e. The van der Waals surface area contributed by atoms with Crippen molar-refractivity contribution in [2.45, 2.75) is 18.8 Å². The molecule has 2 fully saturated rings. The molecule has 2 aromatic rings. The van der Waals surface area contributed by atoms with Crippen LogP contribution in [0.2, 0.25) is 0 Å². The van der Waals surface area contributed by atoms with Crippen molar-refractivity contribution < 1.29 is 19.0 Å². The third-order valence-electron chi connectivity index (χ3n) is 5.24. The minimum absolute atomic E-state index is 0.115. The zero-order valence-electron chi connectivity index (χ0n) is 14.4. The van der Waals surface area contributed by atoms with E-state index in [9.17, 15) is 9.18 Å². The van der Waals surface area contributed by atoms with Crippen LogP contribution < -0.4 is 4.90 Å². The minimum Gasteiger partial charge on any atom is -0.465 e. The first-order chi connectivity index (χ1) is 12.6. The van der Waals surface area contributed by atoms with E-state index in [-0.39, 0.29) is 11.7 Å². The van der Waals surface area contributed by atoms with Crippen LogP contribution in [0, 0.1) is 5.82 Å². The van der Waals surface area contributed by atoms with E-state index in [1.54, 1.807) is 6.07 Å². The molecule has 138 valence electrons. The van der Waals surface area contributed by atoms with Crippen LogP contribution >= 0.6 is 0 Å². The number of ether oxygens (including phenoxy) is 1. The molecule has 0 radical (unpaired) electrons. The Kier molecular flexibility index (Phi) is 4.58. The molecule has 8 heteroatoms. The third-order valence-corrected chi connectivity index (χ3v) is 5.24. The summed E-state index contributed by atoms with van der Waals surface area (Å²) < 4.78 is 20.1. The molecule has 1 amide bonds. The maximum atomic E-state index is 14.8. The highest BCUT2D eigenvalue weighted by molar-refractivity contribution is 5.85. The number of carbonyl (C=O) groups is 1. The molecule has 2 saturated heterocycles. The van der Waals surface area contributed by atoms with Crippen LogP contribution in [0.3, 0.4) is 0 Å². The second-order valence-electron chi connectivity index (χ2n) is 6.72. The Morgan fingerprint density at radius 2 is 1.88 bits per heavy atom. The fraction of sp³-hybridized carbons (Fsp3) is 0.500.